The fourth-order valence-electron chi connectivity index (χ4n) is 8.39. The molecule has 0 amide bonds. The van der Waals surface area contributed by atoms with E-state index in [4.69, 9.17) is 33.2 Å². The number of carbonyl (C=O) groups excluding carboxylic acids is 4. The van der Waals surface area contributed by atoms with Crippen molar-refractivity contribution in [3.8, 4) is 11.8 Å². The second kappa shape index (κ2) is 20.5. The van der Waals surface area contributed by atoms with Crippen molar-refractivity contribution in [2.45, 2.75) is 192 Å². The van der Waals surface area contributed by atoms with Gasteiger partial charge in [0.1, 0.15) is 12.2 Å². The smallest absolute Gasteiger partial charge is 0.385 e. The second-order valence-corrected chi connectivity index (χ2v) is 17.8. The zero-order chi connectivity index (χ0) is 44.6. The quantitative estimate of drug-likeness (QED) is 0.0532. The lowest BCUT2D eigenvalue weighted by Gasteiger charge is -2.53. The van der Waals surface area contributed by atoms with Crippen molar-refractivity contribution in [2.75, 3.05) is 7.11 Å². The summed E-state index contributed by atoms with van der Waals surface area (Å²) in [6.45, 7) is 15.7. The third-order valence-corrected chi connectivity index (χ3v) is 12.1. The van der Waals surface area contributed by atoms with E-state index < -0.39 is 108 Å². The lowest BCUT2D eigenvalue weighted by Crippen LogP contribution is -2.62. The molecule has 0 radical (unpaired) electrons. The molecule has 11 atom stereocenters. The Morgan fingerprint density at radius 2 is 1.72 bits per heavy atom. The monoisotopic (exact) mass is 846 g/mol. The molecule has 3 fully saturated rings. The highest BCUT2D eigenvalue weighted by molar-refractivity contribution is 5.89. The Balaban J connectivity index is 1.82. The minimum absolute atomic E-state index is 0.0802. The predicted octanol–water partition coefficient (Wildman–Crippen LogP) is 4.41. The van der Waals surface area contributed by atoms with Crippen molar-refractivity contribution < 1.29 is 72.8 Å². The van der Waals surface area contributed by atoms with Crippen LogP contribution in [0.2, 0.25) is 0 Å². The van der Waals surface area contributed by atoms with Crippen molar-refractivity contribution >= 4 is 23.9 Å². The first kappa shape index (κ1) is 49.0. The number of esters is 4. The third-order valence-electron chi connectivity index (χ3n) is 12.1. The van der Waals surface area contributed by atoms with Crippen LogP contribution in [0.1, 0.15) is 126 Å². The molecule has 4 aliphatic rings. The third kappa shape index (κ3) is 12.3. The molecule has 0 aromatic rings. The summed E-state index contributed by atoms with van der Waals surface area (Å²) in [6.07, 6.45) is -1.91. The van der Waals surface area contributed by atoms with E-state index in [1.54, 1.807) is 39.8 Å². The number of fused-ring (bicyclic) bond motifs is 6. The lowest BCUT2D eigenvalue weighted by molar-refractivity contribution is -0.348. The van der Waals surface area contributed by atoms with Crippen LogP contribution in [-0.2, 0) is 52.3 Å². The average Bonchev–Trinajstić information content (AvgIpc) is 3.13. The van der Waals surface area contributed by atoms with Gasteiger partial charge in [-0.15, -0.1) is 0 Å². The van der Waals surface area contributed by atoms with Crippen LogP contribution in [0.5, 0.6) is 0 Å². The summed E-state index contributed by atoms with van der Waals surface area (Å²) in [5, 5.41) is 47.2. The number of aliphatic hydroxyl groups excluding tert-OH is 2. The first-order valence-corrected chi connectivity index (χ1v) is 21.0. The molecular formula is C45H66O15. The summed E-state index contributed by atoms with van der Waals surface area (Å²) >= 11 is 0. The standard InChI is InChI=1S/C45H66O15/c1-10-11-12-13-14-15-38(49)58-41-30(21-39(50)54-9)20-33-24-36(28(3)46)57-40(51)23-31(48)22-34-25-37(55-29(4)47)43(7,8)44(52,59-34)26-35-19-27(2)18-32(56-35)16-17-42(5,6)45(41,53)60-33/h16-17,21,28,31-37,41,46,48,52-53H,2,10-13,18-20,22-26H2,1,3-9H3/b17-16+,30-21+/t28-,31-,32+,33+,34?,35+,36-,37+,41+,44+,45-/m1/s1. The number of unbranched alkanes of at least 4 members (excludes halogenated alkanes) is 3. The molecule has 0 aliphatic carbocycles. The molecule has 60 heavy (non-hydrogen) atoms. The highest BCUT2D eigenvalue weighted by Gasteiger charge is 2.59. The molecule has 0 aromatic carbocycles. The Morgan fingerprint density at radius 1 is 1.00 bits per heavy atom. The van der Waals surface area contributed by atoms with Gasteiger partial charge in [-0.3, -0.25) is 9.59 Å². The van der Waals surface area contributed by atoms with E-state index in [0.29, 0.717) is 19.3 Å². The van der Waals surface area contributed by atoms with Gasteiger partial charge in [-0.1, -0.05) is 77.7 Å². The summed E-state index contributed by atoms with van der Waals surface area (Å²) in [5.74, 6) is -2.23. The normalized spacial score (nSPS) is 36.3. The zero-order valence-electron chi connectivity index (χ0n) is 36.4. The van der Waals surface area contributed by atoms with Gasteiger partial charge < -0.3 is 53.6 Å². The maximum Gasteiger partial charge on any atom is 0.385 e. The molecule has 0 saturated carbocycles. The fraction of sp³-hybridized carbons (Fsp3) is 0.733. The molecule has 15 nitrogen and oxygen atoms in total. The minimum atomic E-state index is -2.41. The summed E-state index contributed by atoms with van der Waals surface area (Å²) in [7, 11) is 1.18. The lowest BCUT2D eigenvalue weighted by atomic mass is 9.70. The Labute approximate surface area is 353 Å². The van der Waals surface area contributed by atoms with E-state index in [1.807, 2.05) is 6.92 Å². The molecule has 0 spiro atoms. The molecule has 4 heterocycles. The van der Waals surface area contributed by atoms with Crippen LogP contribution < -0.4 is 0 Å². The van der Waals surface area contributed by atoms with Crippen LogP contribution in [0.3, 0.4) is 0 Å². The van der Waals surface area contributed by atoms with Crippen molar-refractivity contribution in [3.05, 3.63) is 36.0 Å². The summed E-state index contributed by atoms with van der Waals surface area (Å²) in [6, 6.07) is 0. The van der Waals surface area contributed by atoms with E-state index in [0.717, 1.165) is 30.9 Å². The van der Waals surface area contributed by atoms with E-state index in [2.05, 4.69) is 18.4 Å². The van der Waals surface area contributed by atoms with Gasteiger partial charge in [0, 0.05) is 56.4 Å². The van der Waals surface area contributed by atoms with Crippen LogP contribution in [0, 0.1) is 22.7 Å². The molecule has 15 heteroatoms. The van der Waals surface area contributed by atoms with Crippen LogP contribution >= 0.6 is 0 Å². The van der Waals surface area contributed by atoms with E-state index in [1.165, 1.54) is 21.0 Å². The fourth-order valence-corrected chi connectivity index (χ4v) is 8.39. The largest absolute Gasteiger partial charge is 0.466 e. The molecule has 4 N–H and O–H groups in total. The Kier molecular flexibility index (Phi) is 16.8. The predicted molar refractivity (Wildman–Crippen MR) is 216 cm³/mol. The highest BCUT2D eigenvalue weighted by atomic mass is 16.7. The number of rotatable bonds is 7. The maximum absolute atomic E-state index is 13.4. The summed E-state index contributed by atoms with van der Waals surface area (Å²) in [4.78, 5) is 51.7. The van der Waals surface area contributed by atoms with Gasteiger partial charge in [0.2, 0.25) is 5.79 Å². The van der Waals surface area contributed by atoms with Crippen molar-refractivity contribution in [1.29, 1.82) is 0 Å². The Morgan fingerprint density at radius 3 is 2.37 bits per heavy atom. The molecule has 0 aromatic heterocycles. The van der Waals surface area contributed by atoms with Gasteiger partial charge in [0.05, 0.1) is 55.6 Å². The number of ether oxygens (including phenoxy) is 7. The SMILES string of the molecule is C=C1C[C@H]2C[C@]3(O)OC(C[C@@H](O)CC(=O)O[C@@H]([C@@H](C)O)C[C@@H]4C/C(=C\C(=O)OC)[C@H](OC(=O)C#CCCCCC)[C@@](O)(O4)C(C)(C)/C=C/[C@@H](C1)O2)C[C@H](OC(C)=O)C3(C)C. The second-order valence-electron chi connectivity index (χ2n) is 17.8. The zero-order valence-corrected chi connectivity index (χ0v) is 36.4. The first-order valence-electron chi connectivity index (χ1n) is 21.0. The molecule has 4 rings (SSSR count). The molecule has 4 aliphatic heterocycles. The topological polar surface area (TPSA) is 214 Å². The summed E-state index contributed by atoms with van der Waals surface area (Å²) in [5.41, 5.74) is -1.65. The van der Waals surface area contributed by atoms with Crippen LogP contribution in [-0.4, -0.2) is 118 Å². The van der Waals surface area contributed by atoms with Crippen molar-refractivity contribution in [2.24, 2.45) is 10.8 Å². The van der Waals surface area contributed by atoms with Crippen molar-refractivity contribution in [3.63, 3.8) is 0 Å². The molecule has 3 saturated heterocycles. The van der Waals surface area contributed by atoms with Gasteiger partial charge in [0.15, 0.2) is 11.9 Å². The summed E-state index contributed by atoms with van der Waals surface area (Å²) < 4.78 is 41.6. The molecular weight excluding hydrogens is 780 g/mol. The first-order chi connectivity index (χ1) is 28.0. The molecule has 336 valence electrons. The number of carbonyl (C=O) groups is 4. The number of cyclic esters (lactones) is 1. The number of aliphatic hydroxyl groups is 4. The van der Waals surface area contributed by atoms with Gasteiger partial charge in [-0.05, 0) is 38.2 Å². The minimum Gasteiger partial charge on any atom is -0.466 e. The van der Waals surface area contributed by atoms with E-state index in [9.17, 15) is 39.6 Å². The number of methoxy groups -OCH3 is 1. The van der Waals surface area contributed by atoms with Gasteiger partial charge in [-0.2, -0.15) is 0 Å². The van der Waals surface area contributed by atoms with E-state index in [-0.39, 0.29) is 37.7 Å². The average molecular weight is 847 g/mol. The number of hydrogen-bond acceptors (Lipinski definition) is 15. The van der Waals surface area contributed by atoms with E-state index >= 15 is 0 Å². The molecule has 1 unspecified atom stereocenters. The highest BCUT2D eigenvalue weighted by Crippen LogP contribution is 2.50. The van der Waals surface area contributed by atoms with Crippen molar-refractivity contribution in [1.82, 2.24) is 0 Å². The van der Waals surface area contributed by atoms with Gasteiger partial charge >= 0.3 is 23.9 Å². The van der Waals surface area contributed by atoms with Gasteiger partial charge in [-0.25, -0.2) is 9.59 Å². The van der Waals surface area contributed by atoms with Crippen LogP contribution in [0.25, 0.3) is 0 Å². The Bertz CT molecular complexity index is 1690. The maximum atomic E-state index is 13.4. The van der Waals surface area contributed by atoms with Crippen LogP contribution in [0.4, 0.5) is 0 Å². The van der Waals surface area contributed by atoms with Crippen LogP contribution in [0.15, 0.2) is 36.0 Å². The number of hydrogen-bond donors (Lipinski definition) is 4. The van der Waals surface area contributed by atoms with Gasteiger partial charge in [0.25, 0.3) is 0 Å². The Hall–Kier alpha value is -3.62. The molecule has 6 bridgehead atoms.